The summed E-state index contributed by atoms with van der Waals surface area (Å²) in [5, 5.41) is 0. The third kappa shape index (κ3) is 6.87. The lowest BCUT2D eigenvalue weighted by atomic mass is 10.1. The lowest BCUT2D eigenvalue weighted by Crippen LogP contribution is -2.40. The van der Waals surface area contributed by atoms with E-state index in [-0.39, 0.29) is 5.75 Å². The van der Waals surface area contributed by atoms with Gasteiger partial charge in [0.15, 0.2) is 0 Å². The number of hydrogen-bond acceptors (Lipinski definition) is 4. The molecule has 0 aromatic carbocycles. The first kappa shape index (κ1) is 14.9. The van der Waals surface area contributed by atoms with Crippen molar-refractivity contribution in [3.05, 3.63) is 0 Å². The predicted octanol–water partition coefficient (Wildman–Crippen LogP) is 0.480. The molecule has 0 amide bonds. The van der Waals surface area contributed by atoms with E-state index in [1.807, 2.05) is 0 Å². The summed E-state index contributed by atoms with van der Waals surface area (Å²) in [6.45, 7) is 6.21. The molecular formula is C10H24N2O2S. The van der Waals surface area contributed by atoms with E-state index in [1.165, 1.54) is 6.26 Å². The van der Waals surface area contributed by atoms with Gasteiger partial charge in [-0.3, -0.25) is 4.90 Å². The monoisotopic (exact) mass is 236 g/mol. The first-order valence-corrected chi connectivity index (χ1v) is 7.62. The van der Waals surface area contributed by atoms with Crippen molar-refractivity contribution in [2.45, 2.75) is 32.7 Å². The molecular weight excluding hydrogens is 212 g/mol. The van der Waals surface area contributed by atoms with Crippen molar-refractivity contribution in [2.75, 3.05) is 31.6 Å². The molecule has 0 unspecified atom stereocenters. The fraction of sp³-hybridized carbons (Fsp3) is 1.00. The Hall–Kier alpha value is -0.130. The van der Waals surface area contributed by atoms with Crippen LogP contribution in [0.5, 0.6) is 0 Å². The van der Waals surface area contributed by atoms with Crippen LogP contribution < -0.4 is 5.73 Å². The van der Waals surface area contributed by atoms with Gasteiger partial charge in [-0.2, -0.15) is 0 Å². The summed E-state index contributed by atoms with van der Waals surface area (Å²) in [7, 11) is -2.87. The number of hydrogen-bond donors (Lipinski definition) is 1. The second kappa shape index (κ2) is 7.19. The maximum Gasteiger partial charge on any atom is 0.148 e. The number of sulfone groups is 1. The van der Waals surface area contributed by atoms with Gasteiger partial charge in [0, 0.05) is 31.9 Å². The Morgan fingerprint density at radius 1 is 1.20 bits per heavy atom. The molecule has 0 bridgehead atoms. The van der Waals surface area contributed by atoms with Gasteiger partial charge in [-0.1, -0.05) is 13.8 Å². The van der Waals surface area contributed by atoms with Gasteiger partial charge in [0.25, 0.3) is 0 Å². The molecule has 92 valence electrons. The van der Waals surface area contributed by atoms with Crippen molar-refractivity contribution in [2.24, 2.45) is 5.73 Å². The average molecular weight is 236 g/mol. The van der Waals surface area contributed by atoms with Crippen molar-refractivity contribution in [3.8, 4) is 0 Å². The van der Waals surface area contributed by atoms with Crippen molar-refractivity contribution < 1.29 is 8.42 Å². The lowest BCUT2D eigenvalue weighted by Gasteiger charge is -2.29. The second-order valence-electron chi connectivity index (χ2n) is 3.92. The van der Waals surface area contributed by atoms with Gasteiger partial charge in [0.1, 0.15) is 9.84 Å². The molecule has 0 aliphatic heterocycles. The lowest BCUT2D eigenvalue weighted by molar-refractivity contribution is 0.202. The van der Waals surface area contributed by atoms with Crippen LogP contribution in [0.4, 0.5) is 0 Å². The van der Waals surface area contributed by atoms with E-state index >= 15 is 0 Å². The van der Waals surface area contributed by atoms with Crippen molar-refractivity contribution in [1.82, 2.24) is 4.90 Å². The highest BCUT2D eigenvalue weighted by Crippen LogP contribution is 2.07. The zero-order valence-corrected chi connectivity index (χ0v) is 10.9. The molecule has 2 N–H and O–H groups in total. The van der Waals surface area contributed by atoms with E-state index in [2.05, 4.69) is 18.7 Å². The molecule has 0 atom stereocenters. The maximum absolute atomic E-state index is 11.1. The summed E-state index contributed by atoms with van der Waals surface area (Å²) in [6, 6.07) is 0.454. The Morgan fingerprint density at radius 2 is 1.73 bits per heavy atom. The average Bonchev–Trinajstić information content (AvgIpc) is 2.14. The minimum Gasteiger partial charge on any atom is -0.329 e. The summed E-state index contributed by atoms with van der Waals surface area (Å²) < 4.78 is 22.2. The summed E-state index contributed by atoms with van der Waals surface area (Å²) >= 11 is 0. The van der Waals surface area contributed by atoms with Crippen LogP contribution in [0, 0.1) is 0 Å². The largest absolute Gasteiger partial charge is 0.329 e. The van der Waals surface area contributed by atoms with Gasteiger partial charge in [-0.25, -0.2) is 8.42 Å². The van der Waals surface area contributed by atoms with Gasteiger partial charge in [0.05, 0.1) is 5.75 Å². The summed E-state index contributed by atoms with van der Waals surface area (Å²) in [5.41, 5.74) is 5.52. The van der Waals surface area contributed by atoms with Gasteiger partial charge in [-0.15, -0.1) is 0 Å². The van der Waals surface area contributed by atoms with Gasteiger partial charge in [0.2, 0.25) is 0 Å². The maximum atomic E-state index is 11.1. The first-order valence-electron chi connectivity index (χ1n) is 5.56. The molecule has 0 heterocycles. The van der Waals surface area contributed by atoms with Crippen molar-refractivity contribution in [1.29, 1.82) is 0 Å². The minimum atomic E-state index is -2.87. The number of rotatable bonds is 8. The highest BCUT2D eigenvalue weighted by atomic mass is 32.2. The topological polar surface area (TPSA) is 63.4 Å². The van der Waals surface area contributed by atoms with Crippen LogP contribution in [0.2, 0.25) is 0 Å². The molecule has 15 heavy (non-hydrogen) atoms. The Labute approximate surface area is 93.7 Å². The quantitative estimate of drug-likeness (QED) is 0.666. The van der Waals surface area contributed by atoms with Crippen LogP contribution in [-0.2, 0) is 9.84 Å². The van der Waals surface area contributed by atoms with E-state index in [0.29, 0.717) is 19.1 Å². The van der Waals surface area contributed by atoms with Crippen molar-refractivity contribution >= 4 is 9.84 Å². The molecule has 0 aromatic heterocycles. The third-order valence-corrected chi connectivity index (χ3v) is 3.55. The molecule has 0 aliphatic rings. The molecule has 0 rings (SSSR count). The molecule has 0 saturated carbocycles. The van der Waals surface area contributed by atoms with Crippen LogP contribution in [0.3, 0.4) is 0 Å². The van der Waals surface area contributed by atoms with E-state index in [4.69, 9.17) is 5.73 Å². The van der Waals surface area contributed by atoms with E-state index < -0.39 is 9.84 Å². The Balaban J connectivity index is 4.26. The zero-order chi connectivity index (χ0) is 11.9. The SMILES string of the molecule is CCC(CC)N(CCN)CCS(C)(=O)=O. The van der Waals surface area contributed by atoms with Gasteiger partial charge in [-0.05, 0) is 12.8 Å². The van der Waals surface area contributed by atoms with Crippen LogP contribution in [0.1, 0.15) is 26.7 Å². The standard InChI is InChI=1S/C10H24N2O2S/c1-4-10(5-2)12(7-6-11)8-9-15(3,13)14/h10H,4-9,11H2,1-3H3. The van der Waals surface area contributed by atoms with Crippen molar-refractivity contribution in [3.63, 3.8) is 0 Å². The number of nitrogens with two attached hydrogens (primary N) is 1. The smallest absolute Gasteiger partial charge is 0.148 e. The highest BCUT2D eigenvalue weighted by molar-refractivity contribution is 7.90. The normalized spacial score (nSPS) is 12.7. The molecule has 0 aromatic rings. The Kier molecular flexibility index (Phi) is 7.13. The Bertz CT molecular complexity index is 248. The molecule has 0 aliphatic carbocycles. The summed E-state index contributed by atoms with van der Waals surface area (Å²) in [5.74, 6) is 0.226. The second-order valence-corrected chi connectivity index (χ2v) is 6.18. The third-order valence-electron chi connectivity index (χ3n) is 2.62. The fourth-order valence-electron chi connectivity index (χ4n) is 1.73. The van der Waals surface area contributed by atoms with Crippen LogP contribution in [-0.4, -0.2) is 51.0 Å². The summed E-state index contributed by atoms with van der Waals surface area (Å²) in [6.07, 6.45) is 3.36. The molecule has 0 fully saturated rings. The highest BCUT2D eigenvalue weighted by Gasteiger charge is 2.15. The molecule has 4 nitrogen and oxygen atoms in total. The van der Waals surface area contributed by atoms with Gasteiger partial charge >= 0.3 is 0 Å². The van der Waals surface area contributed by atoms with Crippen LogP contribution in [0.25, 0.3) is 0 Å². The number of nitrogens with zero attached hydrogens (tertiary/aromatic N) is 1. The molecule has 0 radical (unpaired) electrons. The van der Waals surface area contributed by atoms with Crippen LogP contribution >= 0.6 is 0 Å². The fourth-order valence-corrected chi connectivity index (χ4v) is 2.30. The molecule has 0 spiro atoms. The van der Waals surface area contributed by atoms with E-state index in [0.717, 1.165) is 19.4 Å². The van der Waals surface area contributed by atoms with Crippen LogP contribution in [0.15, 0.2) is 0 Å². The first-order chi connectivity index (χ1) is 6.94. The Morgan fingerprint density at radius 3 is 2.07 bits per heavy atom. The summed E-state index contributed by atoms with van der Waals surface area (Å²) in [4.78, 5) is 2.18. The molecule has 0 saturated heterocycles. The minimum absolute atomic E-state index is 0.226. The predicted molar refractivity (Wildman–Crippen MR) is 64.7 cm³/mol. The van der Waals surface area contributed by atoms with E-state index in [1.54, 1.807) is 0 Å². The molecule has 5 heteroatoms. The zero-order valence-electron chi connectivity index (χ0n) is 10.1. The van der Waals surface area contributed by atoms with Gasteiger partial charge < -0.3 is 5.73 Å². The van der Waals surface area contributed by atoms with E-state index in [9.17, 15) is 8.42 Å².